The van der Waals surface area contributed by atoms with Crippen molar-refractivity contribution in [2.45, 2.75) is 64.1 Å². The molecule has 31 heavy (non-hydrogen) atoms. The number of piperidine rings is 1. The van der Waals surface area contributed by atoms with Crippen LogP contribution in [0.4, 0.5) is 4.39 Å². The Morgan fingerprint density at radius 1 is 1.10 bits per heavy atom. The van der Waals surface area contributed by atoms with Crippen LogP contribution in [0, 0.1) is 11.7 Å². The molecule has 1 atom stereocenters. The van der Waals surface area contributed by atoms with Gasteiger partial charge in [-0.1, -0.05) is 25.3 Å². The highest BCUT2D eigenvalue weighted by Crippen LogP contribution is 2.28. The Kier molecular flexibility index (Phi) is 7.92. The summed E-state index contributed by atoms with van der Waals surface area (Å²) in [6.45, 7) is 4.76. The third-order valence-electron chi connectivity index (χ3n) is 6.93. The van der Waals surface area contributed by atoms with Crippen molar-refractivity contribution < 1.29 is 9.13 Å². The van der Waals surface area contributed by atoms with Gasteiger partial charge in [-0.15, -0.1) is 0 Å². The van der Waals surface area contributed by atoms with Gasteiger partial charge in [-0.3, -0.25) is 9.88 Å². The minimum atomic E-state index is -0.163. The van der Waals surface area contributed by atoms with Crippen LogP contribution in [0.15, 0.2) is 42.7 Å². The highest BCUT2D eigenvalue weighted by atomic mass is 19.1. The number of nitrogens with zero attached hydrogens (tertiary/aromatic N) is 3. The number of hydrogen-bond donors (Lipinski definition) is 0. The number of aromatic nitrogens is 1. The largest absolute Gasteiger partial charge is 0.497 e. The maximum Gasteiger partial charge on any atom is 0.127 e. The SMILES string of the molecule is COc1ccc(F)c(CN(Cc2cccnc2)CC2CCCN(C3CCCCC3)C2)c1. The average Bonchev–Trinajstić information content (AvgIpc) is 2.82. The first kappa shape index (κ1) is 22.2. The van der Waals surface area contributed by atoms with Crippen LogP contribution in [-0.2, 0) is 13.1 Å². The first-order valence-electron chi connectivity index (χ1n) is 11.9. The van der Waals surface area contributed by atoms with Gasteiger partial charge in [0.25, 0.3) is 0 Å². The number of benzene rings is 1. The predicted octanol–water partition coefficient (Wildman–Crippen LogP) is 5.28. The second-order valence-corrected chi connectivity index (χ2v) is 9.28. The molecule has 0 amide bonds. The van der Waals surface area contributed by atoms with Crippen LogP contribution in [0.1, 0.15) is 56.1 Å². The number of ether oxygens (including phenoxy) is 1. The van der Waals surface area contributed by atoms with E-state index in [0.29, 0.717) is 23.8 Å². The van der Waals surface area contributed by atoms with Crippen molar-refractivity contribution in [2.24, 2.45) is 5.92 Å². The molecule has 2 heterocycles. The molecule has 1 aromatic heterocycles. The minimum absolute atomic E-state index is 0.163. The molecule has 2 aliphatic rings. The van der Waals surface area contributed by atoms with Crippen LogP contribution in [-0.4, -0.2) is 47.6 Å². The van der Waals surface area contributed by atoms with Gasteiger partial charge in [0.05, 0.1) is 7.11 Å². The summed E-state index contributed by atoms with van der Waals surface area (Å²) in [6.07, 6.45) is 13.1. The summed E-state index contributed by atoms with van der Waals surface area (Å²) < 4.78 is 19.9. The second kappa shape index (κ2) is 11.1. The maximum atomic E-state index is 14.6. The molecule has 0 bridgehead atoms. The minimum Gasteiger partial charge on any atom is -0.497 e. The van der Waals surface area contributed by atoms with Crippen molar-refractivity contribution in [1.82, 2.24) is 14.8 Å². The lowest BCUT2D eigenvalue weighted by Crippen LogP contribution is -2.46. The van der Waals surface area contributed by atoms with Gasteiger partial charge in [0.1, 0.15) is 11.6 Å². The Morgan fingerprint density at radius 2 is 1.97 bits per heavy atom. The van der Waals surface area contributed by atoms with Crippen molar-refractivity contribution in [3.05, 3.63) is 59.7 Å². The average molecular weight is 426 g/mol. The summed E-state index contributed by atoms with van der Waals surface area (Å²) in [4.78, 5) is 9.43. The Balaban J connectivity index is 1.46. The Hall–Kier alpha value is -1.98. The third kappa shape index (κ3) is 6.27. The van der Waals surface area contributed by atoms with E-state index in [4.69, 9.17) is 4.74 Å². The second-order valence-electron chi connectivity index (χ2n) is 9.28. The van der Waals surface area contributed by atoms with Crippen LogP contribution in [0.2, 0.25) is 0 Å². The number of halogens is 1. The molecule has 1 aliphatic heterocycles. The molecule has 0 radical (unpaired) electrons. The lowest BCUT2D eigenvalue weighted by atomic mass is 9.90. The van der Waals surface area contributed by atoms with Gasteiger partial charge in [0.15, 0.2) is 0 Å². The first-order valence-corrected chi connectivity index (χ1v) is 11.9. The Morgan fingerprint density at radius 3 is 2.74 bits per heavy atom. The van der Waals surface area contributed by atoms with Crippen LogP contribution in [0.25, 0.3) is 0 Å². The van der Waals surface area contributed by atoms with Crippen molar-refractivity contribution in [3.63, 3.8) is 0 Å². The third-order valence-corrected chi connectivity index (χ3v) is 6.93. The van der Waals surface area contributed by atoms with E-state index >= 15 is 0 Å². The normalized spacial score (nSPS) is 20.8. The highest BCUT2D eigenvalue weighted by Gasteiger charge is 2.28. The summed E-state index contributed by atoms with van der Waals surface area (Å²) in [7, 11) is 1.63. The number of pyridine rings is 1. The summed E-state index contributed by atoms with van der Waals surface area (Å²) in [5.41, 5.74) is 1.87. The van der Waals surface area contributed by atoms with Crippen molar-refractivity contribution in [3.8, 4) is 5.75 Å². The van der Waals surface area contributed by atoms with Gasteiger partial charge in [-0.2, -0.15) is 0 Å². The molecule has 1 saturated heterocycles. The fourth-order valence-corrected chi connectivity index (χ4v) is 5.36. The van der Waals surface area contributed by atoms with Gasteiger partial charge in [0.2, 0.25) is 0 Å². The molecule has 168 valence electrons. The Labute approximate surface area is 186 Å². The van der Waals surface area contributed by atoms with Crippen molar-refractivity contribution in [2.75, 3.05) is 26.7 Å². The van der Waals surface area contributed by atoms with Crippen LogP contribution in [0.3, 0.4) is 0 Å². The van der Waals surface area contributed by atoms with Gasteiger partial charge < -0.3 is 9.64 Å². The van der Waals surface area contributed by atoms with E-state index in [9.17, 15) is 4.39 Å². The highest BCUT2D eigenvalue weighted by molar-refractivity contribution is 5.30. The molecule has 4 rings (SSSR count). The fraction of sp³-hybridized carbons (Fsp3) is 0.577. The van der Waals surface area contributed by atoms with Gasteiger partial charge in [-0.25, -0.2) is 4.39 Å². The number of likely N-dealkylation sites (tertiary alicyclic amines) is 1. The molecule has 1 saturated carbocycles. The molecular formula is C26H36FN3O. The molecule has 4 nitrogen and oxygen atoms in total. The first-order chi connectivity index (χ1) is 15.2. The fourth-order valence-electron chi connectivity index (χ4n) is 5.36. The quantitative estimate of drug-likeness (QED) is 0.576. The van der Waals surface area contributed by atoms with Gasteiger partial charge in [0, 0.05) is 50.2 Å². The lowest BCUT2D eigenvalue weighted by Gasteiger charge is -2.41. The summed E-state index contributed by atoms with van der Waals surface area (Å²) in [5.74, 6) is 1.17. The van der Waals surface area contributed by atoms with E-state index in [1.54, 1.807) is 19.4 Å². The summed E-state index contributed by atoms with van der Waals surface area (Å²) >= 11 is 0. The maximum absolute atomic E-state index is 14.6. The zero-order valence-electron chi connectivity index (χ0n) is 18.8. The van der Waals surface area contributed by atoms with Crippen molar-refractivity contribution in [1.29, 1.82) is 0 Å². The smallest absolute Gasteiger partial charge is 0.127 e. The monoisotopic (exact) mass is 425 g/mol. The van der Waals surface area contributed by atoms with E-state index in [1.807, 2.05) is 18.3 Å². The summed E-state index contributed by atoms with van der Waals surface area (Å²) in [5, 5.41) is 0. The molecule has 1 unspecified atom stereocenters. The zero-order chi connectivity index (χ0) is 21.5. The molecule has 1 aliphatic carbocycles. The van der Waals surface area contributed by atoms with Gasteiger partial charge >= 0.3 is 0 Å². The summed E-state index contributed by atoms with van der Waals surface area (Å²) in [6, 6.07) is 9.90. The van der Waals surface area contributed by atoms with Gasteiger partial charge in [-0.05, 0) is 68.0 Å². The molecular weight excluding hydrogens is 389 g/mol. The van der Waals surface area contributed by atoms with Crippen LogP contribution in [0.5, 0.6) is 5.75 Å². The lowest BCUT2D eigenvalue weighted by molar-refractivity contribution is 0.0769. The molecule has 0 N–H and O–H groups in total. The van der Waals surface area contributed by atoms with E-state index in [1.165, 1.54) is 69.7 Å². The van der Waals surface area contributed by atoms with E-state index < -0.39 is 0 Å². The standard InChI is InChI=1S/C26H36FN3O/c1-31-25-11-12-26(27)23(15-25)20-29(17-21-7-5-13-28-16-21)18-22-8-6-14-30(19-22)24-9-3-2-4-10-24/h5,7,11-13,15-16,22,24H,2-4,6,8-10,14,17-20H2,1H3. The predicted molar refractivity (Wildman–Crippen MR) is 122 cm³/mol. The topological polar surface area (TPSA) is 28.6 Å². The molecule has 0 spiro atoms. The molecule has 2 fully saturated rings. The number of methoxy groups -OCH3 is 1. The number of rotatable bonds is 8. The van der Waals surface area contributed by atoms with E-state index in [2.05, 4.69) is 20.9 Å². The molecule has 2 aromatic rings. The van der Waals surface area contributed by atoms with E-state index in [0.717, 1.165) is 19.1 Å². The van der Waals surface area contributed by atoms with Crippen molar-refractivity contribution >= 4 is 0 Å². The Bertz CT molecular complexity index is 810. The molecule has 5 heteroatoms. The van der Waals surface area contributed by atoms with Crippen LogP contribution >= 0.6 is 0 Å². The zero-order valence-corrected chi connectivity index (χ0v) is 18.8. The van der Waals surface area contributed by atoms with Crippen LogP contribution < -0.4 is 4.74 Å². The molecule has 1 aromatic carbocycles. The van der Waals surface area contributed by atoms with E-state index in [-0.39, 0.29) is 5.82 Å². The number of hydrogen-bond acceptors (Lipinski definition) is 4.